The van der Waals surface area contributed by atoms with Crippen LogP contribution in [0.25, 0.3) is 5.57 Å². The van der Waals surface area contributed by atoms with E-state index in [4.69, 9.17) is 0 Å². The SMILES string of the molecule is Cc1ccc(C2=CC3CCCC(C2)N3Cc2ccccc2)c(C)n1. The minimum absolute atomic E-state index is 0.577. The van der Waals surface area contributed by atoms with Gasteiger partial charge in [0.25, 0.3) is 0 Å². The van der Waals surface area contributed by atoms with Crippen LogP contribution in [0.1, 0.15) is 48.2 Å². The zero-order valence-corrected chi connectivity index (χ0v) is 14.7. The van der Waals surface area contributed by atoms with Gasteiger partial charge in [0.1, 0.15) is 0 Å². The van der Waals surface area contributed by atoms with Crippen LogP contribution in [0, 0.1) is 13.8 Å². The van der Waals surface area contributed by atoms with Crippen molar-refractivity contribution in [1.82, 2.24) is 9.88 Å². The van der Waals surface area contributed by atoms with Crippen molar-refractivity contribution in [3.05, 3.63) is 71.1 Å². The quantitative estimate of drug-likeness (QED) is 0.799. The zero-order valence-electron chi connectivity index (χ0n) is 14.7. The van der Waals surface area contributed by atoms with E-state index in [-0.39, 0.29) is 0 Å². The van der Waals surface area contributed by atoms with E-state index < -0.39 is 0 Å². The summed E-state index contributed by atoms with van der Waals surface area (Å²) in [6.07, 6.45) is 7.65. The van der Waals surface area contributed by atoms with Crippen molar-refractivity contribution >= 4 is 5.57 Å². The monoisotopic (exact) mass is 318 g/mol. The number of nitrogens with zero attached hydrogens (tertiary/aromatic N) is 2. The molecule has 1 aromatic carbocycles. The van der Waals surface area contributed by atoms with Crippen LogP contribution >= 0.6 is 0 Å². The van der Waals surface area contributed by atoms with Crippen LogP contribution in [0.4, 0.5) is 0 Å². The Morgan fingerprint density at radius 2 is 1.88 bits per heavy atom. The summed E-state index contributed by atoms with van der Waals surface area (Å²) in [5, 5.41) is 0. The Bertz CT molecular complexity index is 748. The first kappa shape index (κ1) is 15.6. The van der Waals surface area contributed by atoms with E-state index >= 15 is 0 Å². The smallest absolute Gasteiger partial charge is 0.0450 e. The largest absolute Gasteiger partial charge is 0.289 e. The highest BCUT2D eigenvalue weighted by Crippen LogP contribution is 2.38. The normalized spacial score (nSPS) is 23.8. The van der Waals surface area contributed by atoms with Crippen LogP contribution in [0.2, 0.25) is 0 Å². The lowest BCUT2D eigenvalue weighted by molar-refractivity contribution is 0.0951. The molecule has 2 bridgehead atoms. The van der Waals surface area contributed by atoms with Gasteiger partial charge in [-0.25, -0.2) is 0 Å². The molecule has 3 heterocycles. The van der Waals surface area contributed by atoms with Crippen LogP contribution in [0.15, 0.2) is 48.5 Å². The Labute approximate surface area is 145 Å². The molecule has 124 valence electrons. The lowest BCUT2D eigenvalue weighted by atomic mass is 9.82. The van der Waals surface area contributed by atoms with Crippen molar-refractivity contribution in [2.75, 3.05) is 0 Å². The molecule has 2 aliphatic heterocycles. The van der Waals surface area contributed by atoms with E-state index in [1.165, 1.54) is 41.7 Å². The summed E-state index contributed by atoms with van der Waals surface area (Å²) in [5.41, 5.74) is 6.59. The molecule has 0 radical (unpaired) electrons. The molecule has 0 amide bonds. The first-order valence-corrected chi connectivity index (χ1v) is 9.16. The number of hydrogen-bond acceptors (Lipinski definition) is 2. The highest BCUT2D eigenvalue weighted by atomic mass is 15.2. The van der Waals surface area contributed by atoms with Gasteiger partial charge in [-0.15, -0.1) is 0 Å². The van der Waals surface area contributed by atoms with Crippen molar-refractivity contribution in [1.29, 1.82) is 0 Å². The molecule has 0 N–H and O–H groups in total. The maximum absolute atomic E-state index is 4.68. The average Bonchev–Trinajstić information content (AvgIpc) is 2.56. The summed E-state index contributed by atoms with van der Waals surface area (Å²) < 4.78 is 0. The molecule has 2 heteroatoms. The van der Waals surface area contributed by atoms with Crippen molar-refractivity contribution in [2.45, 2.75) is 58.2 Å². The lowest BCUT2D eigenvalue weighted by Gasteiger charge is -2.45. The molecule has 4 rings (SSSR count). The Balaban J connectivity index is 1.62. The summed E-state index contributed by atoms with van der Waals surface area (Å²) in [5.74, 6) is 0. The summed E-state index contributed by atoms with van der Waals surface area (Å²) >= 11 is 0. The Kier molecular flexibility index (Phi) is 4.24. The molecule has 0 spiro atoms. The molecule has 1 fully saturated rings. The van der Waals surface area contributed by atoms with E-state index in [2.05, 4.69) is 72.3 Å². The van der Waals surface area contributed by atoms with E-state index in [1.807, 2.05) is 0 Å². The standard InChI is InChI=1S/C22H26N2/c1-16-11-12-22(17(2)23-16)19-13-20-9-6-10-21(14-19)24(20)15-18-7-4-3-5-8-18/h3-5,7-8,11-13,20-21H,6,9-10,14-15H2,1-2H3. The minimum atomic E-state index is 0.577. The van der Waals surface area contributed by atoms with Crippen LogP contribution in [-0.2, 0) is 6.54 Å². The maximum atomic E-state index is 4.68. The van der Waals surface area contributed by atoms with Gasteiger partial charge in [0.2, 0.25) is 0 Å². The van der Waals surface area contributed by atoms with E-state index in [0.29, 0.717) is 12.1 Å². The first-order chi connectivity index (χ1) is 11.7. The second-order valence-corrected chi connectivity index (χ2v) is 7.29. The Morgan fingerprint density at radius 3 is 2.62 bits per heavy atom. The molecule has 2 aromatic rings. The van der Waals surface area contributed by atoms with Gasteiger partial charge in [0.15, 0.2) is 0 Å². The van der Waals surface area contributed by atoms with Crippen LogP contribution in [-0.4, -0.2) is 22.0 Å². The molecular formula is C22H26N2. The van der Waals surface area contributed by atoms with Gasteiger partial charge in [0, 0.05) is 30.0 Å². The number of rotatable bonds is 3. The van der Waals surface area contributed by atoms with E-state index in [9.17, 15) is 0 Å². The number of piperidine rings is 1. The van der Waals surface area contributed by atoms with Gasteiger partial charge in [-0.3, -0.25) is 9.88 Å². The first-order valence-electron chi connectivity index (χ1n) is 9.16. The number of benzene rings is 1. The topological polar surface area (TPSA) is 16.1 Å². The third-order valence-electron chi connectivity index (χ3n) is 5.56. The predicted molar refractivity (Wildman–Crippen MR) is 99.7 cm³/mol. The van der Waals surface area contributed by atoms with Gasteiger partial charge in [0.05, 0.1) is 0 Å². The van der Waals surface area contributed by atoms with Crippen molar-refractivity contribution in [3.8, 4) is 0 Å². The Hall–Kier alpha value is -1.93. The van der Waals surface area contributed by atoms with E-state index in [1.54, 1.807) is 0 Å². The summed E-state index contributed by atoms with van der Waals surface area (Å²) in [4.78, 5) is 7.40. The fourth-order valence-corrected chi connectivity index (χ4v) is 4.38. The highest BCUT2D eigenvalue weighted by molar-refractivity contribution is 5.69. The lowest BCUT2D eigenvalue weighted by Crippen LogP contribution is -2.47. The van der Waals surface area contributed by atoms with Crippen molar-refractivity contribution in [3.63, 3.8) is 0 Å². The molecule has 2 aliphatic rings. The molecule has 2 unspecified atom stereocenters. The summed E-state index contributed by atoms with van der Waals surface area (Å²) in [6, 6.07) is 16.6. The van der Waals surface area contributed by atoms with Gasteiger partial charge in [-0.05, 0) is 55.9 Å². The number of hydrogen-bond donors (Lipinski definition) is 0. The third kappa shape index (κ3) is 3.03. The fourth-order valence-electron chi connectivity index (χ4n) is 4.38. The highest BCUT2D eigenvalue weighted by Gasteiger charge is 2.34. The predicted octanol–water partition coefficient (Wildman–Crippen LogP) is 4.91. The number of pyridine rings is 1. The molecule has 1 saturated heterocycles. The van der Waals surface area contributed by atoms with Crippen molar-refractivity contribution < 1.29 is 0 Å². The van der Waals surface area contributed by atoms with Crippen LogP contribution in [0.5, 0.6) is 0 Å². The maximum Gasteiger partial charge on any atom is 0.0450 e. The van der Waals surface area contributed by atoms with Gasteiger partial charge in [-0.1, -0.05) is 48.9 Å². The summed E-state index contributed by atoms with van der Waals surface area (Å²) in [6.45, 7) is 5.29. The second kappa shape index (κ2) is 6.52. The second-order valence-electron chi connectivity index (χ2n) is 7.29. The summed E-state index contributed by atoms with van der Waals surface area (Å²) in [7, 11) is 0. The average molecular weight is 318 g/mol. The molecule has 0 saturated carbocycles. The van der Waals surface area contributed by atoms with Crippen molar-refractivity contribution in [2.24, 2.45) is 0 Å². The van der Waals surface area contributed by atoms with Crippen LogP contribution < -0.4 is 0 Å². The zero-order chi connectivity index (χ0) is 16.5. The number of aromatic nitrogens is 1. The molecule has 0 aliphatic carbocycles. The fraction of sp³-hybridized carbons (Fsp3) is 0.409. The number of aryl methyl sites for hydroxylation is 2. The third-order valence-corrected chi connectivity index (χ3v) is 5.56. The van der Waals surface area contributed by atoms with Gasteiger partial charge >= 0.3 is 0 Å². The van der Waals surface area contributed by atoms with E-state index in [0.717, 1.165) is 18.7 Å². The molecule has 2 nitrogen and oxygen atoms in total. The molecule has 2 atom stereocenters. The van der Waals surface area contributed by atoms with Gasteiger partial charge in [-0.2, -0.15) is 0 Å². The van der Waals surface area contributed by atoms with Gasteiger partial charge < -0.3 is 0 Å². The molecule has 1 aromatic heterocycles. The number of fused-ring (bicyclic) bond motifs is 2. The Morgan fingerprint density at radius 1 is 1.04 bits per heavy atom. The molecule has 24 heavy (non-hydrogen) atoms. The van der Waals surface area contributed by atoms with Crippen LogP contribution in [0.3, 0.4) is 0 Å². The molecular weight excluding hydrogens is 292 g/mol. The minimum Gasteiger partial charge on any atom is -0.289 e.